The van der Waals surface area contributed by atoms with Crippen molar-refractivity contribution in [1.82, 2.24) is 19.6 Å². The highest BCUT2D eigenvalue weighted by Crippen LogP contribution is 2.36. The van der Waals surface area contributed by atoms with Gasteiger partial charge < -0.3 is 10.6 Å². The highest BCUT2D eigenvalue weighted by atomic mass is 19.1. The molecule has 0 spiro atoms. The molecule has 0 amide bonds. The Bertz CT molecular complexity index is 1270. The Morgan fingerprint density at radius 3 is 2.53 bits per heavy atom. The SMILES string of the molecule is Fc1cccc(-c2nn3c(NC4CCCC4)cccc3c2-c2ccnc(NC3CC3)n2)c1. The van der Waals surface area contributed by atoms with E-state index in [1.165, 1.54) is 37.8 Å². The summed E-state index contributed by atoms with van der Waals surface area (Å²) in [6, 6.07) is 15.5. The third-order valence-electron chi connectivity index (χ3n) is 6.29. The van der Waals surface area contributed by atoms with E-state index in [0.717, 1.165) is 41.0 Å². The molecule has 6 nitrogen and oxygen atoms in total. The van der Waals surface area contributed by atoms with Gasteiger partial charge in [0.2, 0.25) is 5.95 Å². The smallest absolute Gasteiger partial charge is 0.223 e. The fraction of sp³-hybridized carbons (Fsp3) is 0.320. The van der Waals surface area contributed by atoms with E-state index in [0.29, 0.717) is 23.7 Å². The van der Waals surface area contributed by atoms with Gasteiger partial charge >= 0.3 is 0 Å². The number of hydrogen-bond acceptors (Lipinski definition) is 5. The van der Waals surface area contributed by atoms with Crippen molar-refractivity contribution in [3.8, 4) is 22.5 Å². The summed E-state index contributed by atoms with van der Waals surface area (Å²) in [5.74, 6) is 1.28. The monoisotopic (exact) mass is 428 g/mol. The lowest BCUT2D eigenvalue weighted by Crippen LogP contribution is -2.16. The van der Waals surface area contributed by atoms with Gasteiger partial charge in [0.25, 0.3) is 0 Å². The minimum absolute atomic E-state index is 0.284. The van der Waals surface area contributed by atoms with Crippen LogP contribution in [0.4, 0.5) is 16.2 Å². The van der Waals surface area contributed by atoms with Crippen LogP contribution in [0.1, 0.15) is 38.5 Å². The van der Waals surface area contributed by atoms with Crippen LogP contribution in [-0.4, -0.2) is 31.7 Å². The molecule has 3 aromatic heterocycles. The molecule has 7 heteroatoms. The molecule has 32 heavy (non-hydrogen) atoms. The van der Waals surface area contributed by atoms with Crippen molar-refractivity contribution in [2.75, 3.05) is 10.6 Å². The number of nitrogens with one attached hydrogen (secondary N) is 2. The summed E-state index contributed by atoms with van der Waals surface area (Å²) < 4.78 is 16.1. The predicted molar refractivity (Wildman–Crippen MR) is 124 cm³/mol. The molecule has 0 saturated heterocycles. The number of benzene rings is 1. The second-order valence-corrected chi connectivity index (χ2v) is 8.75. The molecule has 3 heterocycles. The zero-order valence-corrected chi connectivity index (χ0v) is 17.8. The molecule has 2 saturated carbocycles. The van der Waals surface area contributed by atoms with Gasteiger partial charge in [-0.15, -0.1) is 0 Å². The van der Waals surface area contributed by atoms with E-state index in [1.54, 1.807) is 12.3 Å². The van der Waals surface area contributed by atoms with Crippen molar-refractivity contribution in [1.29, 1.82) is 0 Å². The van der Waals surface area contributed by atoms with Crippen molar-refractivity contribution in [2.45, 2.75) is 50.6 Å². The first-order valence-corrected chi connectivity index (χ1v) is 11.4. The second-order valence-electron chi connectivity index (χ2n) is 8.75. The Morgan fingerprint density at radius 2 is 1.72 bits per heavy atom. The molecule has 6 rings (SSSR count). The number of rotatable bonds is 6. The summed E-state index contributed by atoms with van der Waals surface area (Å²) in [7, 11) is 0. The summed E-state index contributed by atoms with van der Waals surface area (Å²) in [6.07, 6.45) is 8.91. The standard InChI is InChI=1S/C25H25FN6/c26-17-6-3-5-16(15-17)24-23(20-13-14-27-25(30-20)29-19-11-12-19)21-9-4-10-22(32(21)31-24)28-18-7-1-2-8-18/h3-6,9-10,13-15,18-19,28H,1-2,7-8,11-12H2,(H,27,29,30). The van der Waals surface area contributed by atoms with E-state index in [1.807, 2.05) is 28.8 Å². The fourth-order valence-corrected chi connectivity index (χ4v) is 4.53. The van der Waals surface area contributed by atoms with Gasteiger partial charge in [-0.3, -0.25) is 0 Å². The Kier molecular flexibility index (Phi) is 4.74. The molecule has 0 atom stereocenters. The summed E-state index contributed by atoms with van der Waals surface area (Å²) in [4.78, 5) is 9.19. The van der Waals surface area contributed by atoms with Gasteiger partial charge in [-0.25, -0.2) is 18.9 Å². The van der Waals surface area contributed by atoms with Crippen molar-refractivity contribution in [3.05, 3.63) is 60.5 Å². The summed E-state index contributed by atoms with van der Waals surface area (Å²) in [5, 5.41) is 12.0. The van der Waals surface area contributed by atoms with Crippen molar-refractivity contribution in [2.24, 2.45) is 0 Å². The predicted octanol–water partition coefficient (Wildman–Crippen LogP) is 5.53. The summed E-state index contributed by atoms with van der Waals surface area (Å²) in [6.45, 7) is 0. The molecule has 2 aliphatic rings. The van der Waals surface area contributed by atoms with Gasteiger partial charge in [-0.1, -0.05) is 31.0 Å². The molecular formula is C25H25FN6. The number of anilines is 2. The first kappa shape index (κ1) is 19.2. The third kappa shape index (κ3) is 3.68. The van der Waals surface area contributed by atoms with Gasteiger partial charge in [-0.2, -0.15) is 5.10 Å². The van der Waals surface area contributed by atoms with Crippen LogP contribution in [0.5, 0.6) is 0 Å². The van der Waals surface area contributed by atoms with Crippen molar-refractivity contribution in [3.63, 3.8) is 0 Å². The lowest BCUT2D eigenvalue weighted by Gasteiger charge is -2.14. The number of fused-ring (bicyclic) bond motifs is 1. The van der Waals surface area contributed by atoms with Crippen LogP contribution in [0.25, 0.3) is 28.0 Å². The van der Waals surface area contributed by atoms with Crippen LogP contribution < -0.4 is 10.6 Å². The number of halogens is 1. The van der Waals surface area contributed by atoms with Crippen LogP contribution >= 0.6 is 0 Å². The van der Waals surface area contributed by atoms with Crippen LogP contribution in [-0.2, 0) is 0 Å². The Morgan fingerprint density at radius 1 is 0.906 bits per heavy atom. The highest BCUT2D eigenvalue weighted by molar-refractivity contribution is 5.91. The van der Waals surface area contributed by atoms with Crippen LogP contribution in [0.3, 0.4) is 0 Å². The van der Waals surface area contributed by atoms with E-state index in [9.17, 15) is 4.39 Å². The Balaban J connectivity index is 1.52. The Labute approximate surface area is 185 Å². The van der Waals surface area contributed by atoms with Gasteiger partial charge in [0, 0.05) is 23.8 Å². The highest BCUT2D eigenvalue weighted by Gasteiger charge is 2.24. The first-order chi connectivity index (χ1) is 15.7. The number of hydrogen-bond donors (Lipinski definition) is 2. The first-order valence-electron chi connectivity index (χ1n) is 11.4. The lowest BCUT2D eigenvalue weighted by atomic mass is 10.0. The zero-order valence-electron chi connectivity index (χ0n) is 17.8. The van der Waals surface area contributed by atoms with E-state index >= 15 is 0 Å². The average Bonchev–Trinajstić information content (AvgIpc) is 3.31. The maximum atomic E-state index is 14.1. The van der Waals surface area contributed by atoms with Gasteiger partial charge in [0.05, 0.1) is 16.8 Å². The van der Waals surface area contributed by atoms with Gasteiger partial charge in [0.1, 0.15) is 17.3 Å². The molecule has 1 aromatic carbocycles. The Hall–Kier alpha value is -3.48. The average molecular weight is 429 g/mol. The lowest BCUT2D eigenvalue weighted by molar-refractivity contribution is 0.628. The maximum Gasteiger partial charge on any atom is 0.223 e. The molecule has 2 N–H and O–H groups in total. The summed E-state index contributed by atoms with van der Waals surface area (Å²) in [5.41, 5.74) is 4.03. The molecule has 0 unspecified atom stereocenters. The molecular weight excluding hydrogens is 403 g/mol. The largest absolute Gasteiger partial charge is 0.367 e. The van der Waals surface area contributed by atoms with Crippen LogP contribution in [0, 0.1) is 5.82 Å². The zero-order chi connectivity index (χ0) is 21.5. The molecule has 0 aliphatic heterocycles. The summed E-state index contributed by atoms with van der Waals surface area (Å²) >= 11 is 0. The molecule has 2 aliphatic carbocycles. The molecule has 4 aromatic rings. The van der Waals surface area contributed by atoms with E-state index < -0.39 is 0 Å². The van der Waals surface area contributed by atoms with Crippen molar-refractivity contribution < 1.29 is 4.39 Å². The molecule has 0 bridgehead atoms. The third-order valence-corrected chi connectivity index (χ3v) is 6.29. The molecule has 2 fully saturated rings. The normalized spacial score (nSPS) is 16.5. The minimum atomic E-state index is -0.284. The topological polar surface area (TPSA) is 67.1 Å². The maximum absolute atomic E-state index is 14.1. The molecule has 162 valence electrons. The van der Waals surface area contributed by atoms with Crippen molar-refractivity contribution >= 4 is 17.3 Å². The second kappa shape index (κ2) is 7.89. The fourth-order valence-electron chi connectivity index (χ4n) is 4.53. The van der Waals surface area contributed by atoms with Crippen LogP contribution in [0.15, 0.2) is 54.7 Å². The number of pyridine rings is 1. The van der Waals surface area contributed by atoms with E-state index in [-0.39, 0.29) is 5.82 Å². The number of nitrogens with zero attached hydrogens (tertiary/aromatic N) is 4. The number of aromatic nitrogens is 4. The van der Waals surface area contributed by atoms with Gasteiger partial charge in [0.15, 0.2) is 0 Å². The quantitative estimate of drug-likeness (QED) is 0.423. The molecule has 0 radical (unpaired) electrons. The van der Waals surface area contributed by atoms with E-state index in [2.05, 4.69) is 21.7 Å². The van der Waals surface area contributed by atoms with Crippen LogP contribution in [0.2, 0.25) is 0 Å². The minimum Gasteiger partial charge on any atom is -0.367 e. The van der Waals surface area contributed by atoms with Gasteiger partial charge in [-0.05, 0) is 56.0 Å². The van der Waals surface area contributed by atoms with E-state index in [4.69, 9.17) is 10.1 Å².